The summed E-state index contributed by atoms with van der Waals surface area (Å²) in [6.45, 7) is 2.73. The zero-order valence-electron chi connectivity index (χ0n) is 9.16. The van der Waals surface area contributed by atoms with E-state index in [9.17, 15) is 4.79 Å². The summed E-state index contributed by atoms with van der Waals surface area (Å²) in [4.78, 5) is 15.0. The third-order valence-electron chi connectivity index (χ3n) is 2.27. The predicted octanol–water partition coefficient (Wildman–Crippen LogP) is 0.868. The van der Waals surface area contributed by atoms with Crippen molar-refractivity contribution in [3.63, 3.8) is 0 Å². The minimum Gasteiger partial charge on any atom is -0.359 e. The first-order chi connectivity index (χ1) is 7.24. The van der Waals surface area contributed by atoms with Crippen molar-refractivity contribution in [1.82, 2.24) is 15.6 Å². The van der Waals surface area contributed by atoms with Crippen molar-refractivity contribution in [2.75, 3.05) is 13.6 Å². The van der Waals surface area contributed by atoms with Crippen LogP contribution in [0.25, 0.3) is 0 Å². The second-order valence-electron chi connectivity index (χ2n) is 3.39. The van der Waals surface area contributed by atoms with Gasteiger partial charge >= 0.3 is 0 Å². The Morgan fingerprint density at radius 3 is 3.00 bits per heavy atom. The lowest BCUT2D eigenvalue weighted by atomic mass is 10.1. The van der Waals surface area contributed by atoms with Crippen molar-refractivity contribution >= 4 is 5.91 Å². The Hall–Kier alpha value is -1.42. The van der Waals surface area contributed by atoms with Crippen LogP contribution >= 0.6 is 0 Å². The monoisotopic (exact) mass is 207 g/mol. The van der Waals surface area contributed by atoms with Gasteiger partial charge in [0.1, 0.15) is 0 Å². The van der Waals surface area contributed by atoms with Gasteiger partial charge in [0.2, 0.25) is 5.91 Å². The molecule has 0 aromatic carbocycles. The first-order valence-electron chi connectivity index (χ1n) is 5.08. The molecule has 0 unspecified atom stereocenters. The number of hydrogen-bond acceptors (Lipinski definition) is 3. The molecule has 4 nitrogen and oxygen atoms in total. The van der Waals surface area contributed by atoms with Crippen LogP contribution < -0.4 is 10.6 Å². The lowest BCUT2D eigenvalue weighted by molar-refractivity contribution is -0.120. The predicted molar refractivity (Wildman–Crippen MR) is 59.3 cm³/mol. The van der Waals surface area contributed by atoms with E-state index in [4.69, 9.17) is 0 Å². The number of amides is 1. The van der Waals surface area contributed by atoms with Crippen LogP contribution in [-0.4, -0.2) is 24.5 Å². The minimum absolute atomic E-state index is 0.0564. The van der Waals surface area contributed by atoms with E-state index in [0.29, 0.717) is 13.0 Å². The molecule has 0 bridgehead atoms. The van der Waals surface area contributed by atoms with E-state index in [2.05, 4.69) is 22.5 Å². The van der Waals surface area contributed by atoms with E-state index in [1.165, 1.54) is 0 Å². The lowest BCUT2D eigenvalue weighted by Gasteiger charge is -2.12. The largest absolute Gasteiger partial charge is 0.359 e. The van der Waals surface area contributed by atoms with Crippen LogP contribution in [-0.2, 0) is 4.79 Å². The molecule has 0 aliphatic rings. The summed E-state index contributed by atoms with van der Waals surface area (Å²) in [5.41, 5.74) is 1.13. The van der Waals surface area contributed by atoms with Gasteiger partial charge in [-0.2, -0.15) is 0 Å². The lowest BCUT2D eigenvalue weighted by Crippen LogP contribution is -2.26. The van der Waals surface area contributed by atoms with Crippen LogP contribution in [0.2, 0.25) is 0 Å². The van der Waals surface area contributed by atoms with Crippen molar-refractivity contribution in [2.45, 2.75) is 19.4 Å². The summed E-state index contributed by atoms with van der Waals surface area (Å²) < 4.78 is 0. The van der Waals surface area contributed by atoms with Crippen molar-refractivity contribution in [3.05, 3.63) is 30.1 Å². The summed E-state index contributed by atoms with van der Waals surface area (Å²) in [6, 6.07) is 4.15. The van der Waals surface area contributed by atoms with E-state index >= 15 is 0 Å². The van der Waals surface area contributed by atoms with Gasteiger partial charge in [0.25, 0.3) is 0 Å². The third kappa shape index (κ3) is 4.08. The second kappa shape index (κ2) is 6.14. The average molecular weight is 207 g/mol. The Bertz CT molecular complexity index is 300. The number of hydrogen-bond donors (Lipinski definition) is 2. The van der Waals surface area contributed by atoms with Gasteiger partial charge in [-0.15, -0.1) is 0 Å². The molecule has 82 valence electrons. The smallest absolute Gasteiger partial charge is 0.221 e. The molecule has 0 saturated heterocycles. The molecule has 0 aliphatic carbocycles. The first kappa shape index (κ1) is 11.7. The first-order valence-corrected chi connectivity index (χ1v) is 5.08. The van der Waals surface area contributed by atoms with Crippen LogP contribution in [0, 0.1) is 0 Å². The van der Waals surface area contributed by atoms with E-state index in [1.807, 2.05) is 18.3 Å². The Morgan fingerprint density at radius 2 is 2.40 bits per heavy atom. The molecule has 1 aromatic rings. The summed E-state index contributed by atoms with van der Waals surface area (Å²) in [6.07, 6.45) is 4.08. The maximum absolute atomic E-state index is 11.0. The van der Waals surface area contributed by atoms with E-state index in [0.717, 1.165) is 5.56 Å². The van der Waals surface area contributed by atoms with E-state index in [-0.39, 0.29) is 11.9 Å². The molecule has 0 spiro atoms. The maximum Gasteiger partial charge on any atom is 0.221 e. The normalized spacial score (nSPS) is 12.1. The van der Waals surface area contributed by atoms with Gasteiger partial charge in [-0.1, -0.05) is 6.07 Å². The fourth-order valence-corrected chi connectivity index (χ4v) is 1.28. The molecule has 2 N–H and O–H groups in total. The number of rotatable bonds is 5. The van der Waals surface area contributed by atoms with Gasteiger partial charge in [-0.25, -0.2) is 0 Å². The topological polar surface area (TPSA) is 54.0 Å². The molecule has 1 amide bonds. The molecule has 0 fully saturated rings. The number of pyridine rings is 1. The Labute approximate surface area is 90.1 Å². The fourth-order valence-electron chi connectivity index (χ4n) is 1.28. The molecule has 1 atom stereocenters. The van der Waals surface area contributed by atoms with Crippen LogP contribution in [0.5, 0.6) is 0 Å². The molecular weight excluding hydrogens is 190 g/mol. The van der Waals surface area contributed by atoms with Crippen molar-refractivity contribution in [1.29, 1.82) is 0 Å². The van der Waals surface area contributed by atoms with Crippen LogP contribution in [0.15, 0.2) is 24.5 Å². The van der Waals surface area contributed by atoms with Gasteiger partial charge in [-0.05, 0) is 18.6 Å². The highest BCUT2D eigenvalue weighted by Gasteiger charge is 2.04. The zero-order chi connectivity index (χ0) is 11.1. The van der Waals surface area contributed by atoms with Gasteiger partial charge < -0.3 is 10.6 Å². The molecule has 1 aromatic heterocycles. The molecule has 4 heteroatoms. The highest BCUT2D eigenvalue weighted by molar-refractivity contribution is 5.75. The molecule has 15 heavy (non-hydrogen) atoms. The Morgan fingerprint density at radius 1 is 1.60 bits per heavy atom. The summed E-state index contributed by atoms with van der Waals surface area (Å²) in [5, 5.41) is 5.85. The molecule has 1 rings (SSSR count). The van der Waals surface area contributed by atoms with Crippen molar-refractivity contribution in [2.24, 2.45) is 0 Å². The quantitative estimate of drug-likeness (QED) is 0.753. The van der Waals surface area contributed by atoms with Gasteiger partial charge in [0.15, 0.2) is 0 Å². The molecular formula is C11H17N3O. The van der Waals surface area contributed by atoms with E-state index in [1.54, 1.807) is 13.2 Å². The Kier molecular flexibility index (Phi) is 4.77. The number of carbonyl (C=O) groups is 1. The van der Waals surface area contributed by atoms with E-state index < -0.39 is 0 Å². The molecule has 0 radical (unpaired) electrons. The molecule has 0 saturated carbocycles. The van der Waals surface area contributed by atoms with Crippen molar-refractivity contribution < 1.29 is 4.79 Å². The number of carbonyl (C=O) groups excluding carboxylic acids is 1. The summed E-state index contributed by atoms with van der Waals surface area (Å²) in [5.74, 6) is 0.0564. The SMILES string of the molecule is CNC(=O)CCN[C@@H](C)c1cccnc1. The highest BCUT2D eigenvalue weighted by Crippen LogP contribution is 2.08. The van der Waals surface area contributed by atoms with Crippen LogP contribution in [0.1, 0.15) is 24.9 Å². The average Bonchev–Trinajstić information content (AvgIpc) is 2.29. The standard InChI is InChI=1S/C11H17N3O/c1-9(10-4-3-6-13-8-10)14-7-5-11(15)12-2/h3-4,6,8-9,14H,5,7H2,1-2H3,(H,12,15)/t9-/m0/s1. The third-order valence-corrected chi connectivity index (χ3v) is 2.27. The van der Waals surface area contributed by atoms with Gasteiger partial charge in [0, 0.05) is 38.4 Å². The minimum atomic E-state index is 0.0564. The molecule has 0 aliphatic heterocycles. The number of nitrogens with zero attached hydrogens (tertiary/aromatic N) is 1. The highest BCUT2D eigenvalue weighted by atomic mass is 16.1. The number of aromatic nitrogens is 1. The van der Waals surface area contributed by atoms with Crippen LogP contribution in [0.3, 0.4) is 0 Å². The van der Waals surface area contributed by atoms with Gasteiger partial charge in [0.05, 0.1) is 0 Å². The van der Waals surface area contributed by atoms with Crippen molar-refractivity contribution in [3.8, 4) is 0 Å². The summed E-state index contributed by atoms with van der Waals surface area (Å²) >= 11 is 0. The summed E-state index contributed by atoms with van der Waals surface area (Å²) in [7, 11) is 1.65. The maximum atomic E-state index is 11.0. The van der Waals surface area contributed by atoms with Crippen LogP contribution in [0.4, 0.5) is 0 Å². The fraction of sp³-hybridized carbons (Fsp3) is 0.455. The second-order valence-corrected chi connectivity index (χ2v) is 3.39. The van der Waals surface area contributed by atoms with Gasteiger partial charge in [-0.3, -0.25) is 9.78 Å². The molecule has 1 heterocycles. The Balaban J connectivity index is 2.31. The number of nitrogens with one attached hydrogen (secondary N) is 2. The zero-order valence-corrected chi connectivity index (χ0v) is 9.16.